The highest BCUT2D eigenvalue weighted by Gasteiger charge is 2.07. The van der Waals surface area contributed by atoms with Gasteiger partial charge in [-0.1, -0.05) is 13.8 Å². The van der Waals surface area contributed by atoms with Crippen LogP contribution in [0.25, 0.3) is 0 Å². The Morgan fingerprint density at radius 2 is 2.00 bits per heavy atom. The Bertz CT molecular complexity index is 116. The summed E-state index contributed by atoms with van der Waals surface area (Å²) in [5, 5.41) is 11.3. The molecule has 0 rings (SSSR count). The van der Waals surface area contributed by atoms with E-state index in [4.69, 9.17) is 5.11 Å². The van der Waals surface area contributed by atoms with Gasteiger partial charge in [0.2, 0.25) is 0 Å². The number of likely N-dealkylation sites (N-methyl/N-ethyl adjacent to an activating group) is 1. The zero-order chi connectivity index (χ0) is 10.1. The molecule has 0 spiro atoms. The maximum Gasteiger partial charge on any atom is 0.316 e. The van der Waals surface area contributed by atoms with Crippen LogP contribution >= 0.6 is 0 Å². The van der Waals surface area contributed by atoms with Crippen LogP contribution in [0, 0.1) is 0 Å². The van der Waals surface area contributed by atoms with E-state index in [-0.39, 0.29) is 6.03 Å². The molecular weight excluding hydrogens is 156 g/mol. The zero-order valence-electron chi connectivity index (χ0n) is 8.59. The second-order valence-electron chi connectivity index (χ2n) is 2.28. The fourth-order valence-electron chi connectivity index (χ4n) is 0.670. The van der Waals surface area contributed by atoms with Crippen LogP contribution in [0.4, 0.5) is 4.79 Å². The van der Waals surface area contributed by atoms with Crippen LogP contribution in [-0.2, 0) is 0 Å². The Labute approximate surface area is 74.6 Å². The van der Waals surface area contributed by atoms with Crippen LogP contribution in [0.5, 0.6) is 0 Å². The molecule has 0 heterocycles. The highest BCUT2D eigenvalue weighted by Crippen LogP contribution is 1.87. The Balaban J connectivity index is 0. The number of hydrogen-bond acceptors (Lipinski definition) is 2. The van der Waals surface area contributed by atoms with Crippen molar-refractivity contribution < 1.29 is 9.90 Å². The van der Waals surface area contributed by atoms with Crippen molar-refractivity contribution in [2.24, 2.45) is 0 Å². The van der Waals surface area contributed by atoms with Gasteiger partial charge in [-0.2, -0.15) is 0 Å². The standard InChI is InChI=1S/C6H14N2O2.C2H6/c1-5(9)4-8(3)6(10)7-2;1-2/h5,9H,4H2,1-3H3,(H,7,10);1-2H3. The van der Waals surface area contributed by atoms with Crippen molar-refractivity contribution in [1.82, 2.24) is 10.2 Å². The van der Waals surface area contributed by atoms with Crippen molar-refractivity contribution in [3.63, 3.8) is 0 Å². The lowest BCUT2D eigenvalue weighted by Crippen LogP contribution is -2.38. The summed E-state index contributed by atoms with van der Waals surface area (Å²) >= 11 is 0. The molecule has 0 radical (unpaired) electrons. The van der Waals surface area contributed by atoms with Gasteiger partial charge < -0.3 is 15.3 Å². The third-order valence-corrected chi connectivity index (χ3v) is 1.10. The third-order valence-electron chi connectivity index (χ3n) is 1.10. The maximum absolute atomic E-state index is 10.8. The van der Waals surface area contributed by atoms with Crippen molar-refractivity contribution >= 4 is 6.03 Å². The summed E-state index contributed by atoms with van der Waals surface area (Å²) in [5.74, 6) is 0. The van der Waals surface area contributed by atoms with Gasteiger partial charge in [0, 0.05) is 20.6 Å². The third kappa shape index (κ3) is 7.34. The first kappa shape index (κ1) is 13.8. The Morgan fingerprint density at radius 3 is 2.25 bits per heavy atom. The highest BCUT2D eigenvalue weighted by atomic mass is 16.3. The van der Waals surface area contributed by atoms with E-state index in [2.05, 4.69) is 5.32 Å². The van der Waals surface area contributed by atoms with Gasteiger partial charge in [-0.15, -0.1) is 0 Å². The van der Waals surface area contributed by atoms with Crippen molar-refractivity contribution in [2.75, 3.05) is 20.6 Å². The van der Waals surface area contributed by atoms with Gasteiger partial charge in [0.05, 0.1) is 6.10 Å². The zero-order valence-corrected chi connectivity index (χ0v) is 8.59. The summed E-state index contributed by atoms with van der Waals surface area (Å²) in [6.45, 7) is 6.00. The molecule has 0 aromatic heterocycles. The number of aliphatic hydroxyl groups is 1. The SMILES string of the molecule is CC.CNC(=O)N(C)CC(C)O. The molecule has 1 unspecified atom stereocenters. The van der Waals surface area contributed by atoms with Crippen LogP contribution in [0.1, 0.15) is 20.8 Å². The minimum atomic E-state index is -0.470. The van der Waals surface area contributed by atoms with Gasteiger partial charge in [0.25, 0.3) is 0 Å². The average Bonchev–Trinajstić information content (AvgIpc) is 2.05. The van der Waals surface area contributed by atoms with E-state index in [1.165, 1.54) is 4.90 Å². The quantitative estimate of drug-likeness (QED) is 0.649. The van der Waals surface area contributed by atoms with Crippen LogP contribution in [0.3, 0.4) is 0 Å². The molecule has 0 aliphatic heterocycles. The fourth-order valence-corrected chi connectivity index (χ4v) is 0.670. The minimum absolute atomic E-state index is 0.180. The number of aliphatic hydroxyl groups excluding tert-OH is 1. The monoisotopic (exact) mass is 176 g/mol. The van der Waals surface area contributed by atoms with Crippen molar-refractivity contribution in [3.8, 4) is 0 Å². The molecule has 0 aliphatic rings. The molecule has 0 aliphatic carbocycles. The second kappa shape index (κ2) is 8.33. The number of nitrogens with one attached hydrogen (secondary N) is 1. The molecule has 0 fully saturated rings. The summed E-state index contributed by atoms with van der Waals surface area (Å²) in [5.41, 5.74) is 0. The van der Waals surface area contributed by atoms with E-state index in [0.717, 1.165) is 0 Å². The van der Waals surface area contributed by atoms with Gasteiger partial charge in [0.1, 0.15) is 0 Å². The minimum Gasteiger partial charge on any atom is -0.392 e. The topological polar surface area (TPSA) is 52.6 Å². The lowest BCUT2D eigenvalue weighted by Gasteiger charge is -2.17. The Kier molecular flexibility index (Phi) is 9.57. The largest absolute Gasteiger partial charge is 0.392 e. The summed E-state index contributed by atoms with van der Waals surface area (Å²) in [4.78, 5) is 12.2. The van der Waals surface area contributed by atoms with Gasteiger partial charge in [-0.25, -0.2) is 4.79 Å². The van der Waals surface area contributed by atoms with Crippen LogP contribution in [0.2, 0.25) is 0 Å². The van der Waals surface area contributed by atoms with Crippen molar-refractivity contribution in [2.45, 2.75) is 26.9 Å². The second-order valence-corrected chi connectivity index (χ2v) is 2.28. The average molecular weight is 176 g/mol. The molecule has 4 nitrogen and oxygen atoms in total. The molecule has 2 amide bonds. The predicted octanol–water partition coefficient (Wildman–Crippen LogP) is 0.665. The number of nitrogens with zero attached hydrogens (tertiary/aromatic N) is 1. The van der Waals surface area contributed by atoms with Crippen LogP contribution in [-0.4, -0.2) is 42.8 Å². The number of urea groups is 1. The number of amides is 2. The molecule has 0 aromatic carbocycles. The number of hydrogen-bond donors (Lipinski definition) is 2. The number of carbonyl (C=O) groups excluding carboxylic acids is 1. The predicted molar refractivity (Wildman–Crippen MR) is 50.1 cm³/mol. The first-order chi connectivity index (χ1) is 5.57. The Hall–Kier alpha value is -0.770. The lowest BCUT2D eigenvalue weighted by molar-refractivity contribution is 0.145. The smallest absolute Gasteiger partial charge is 0.316 e. The molecule has 4 heteroatoms. The molecular formula is C8H20N2O2. The first-order valence-corrected chi connectivity index (χ1v) is 4.18. The van der Waals surface area contributed by atoms with Crippen LogP contribution in [0.15, 0.2) is 0 Å². The molecule has 74 valence electrons. The molecule has 12 heavy (non-hydrogen) atoms. The van der Waals surface area contributed by atoms with E-state index in [1.807, 2.05) is 13.8 Å². The van der Waals surface area contributed by atoms with E-state index in [0.29, 0.717) is 6.54 Å². The van der Waals surface area contributed by atoms with Crippen LogP contribution < -0.4 is 5.32 Å². The maximum atomic E-state index is 10.8. The van der Waals surface area contributed by atoms with E-state index in [9.17, 15) is 4.79 Å². The van der Waals surface area contributed by atoms with Crippen molar-refractivity contribution in [3.05, 3.63) is 0 Å². The normalized spacial score (nSPS) is 10.8. The molecule has 1 atom stereocenters. The van der Waals surface area contributed by atoms with Gasteiger partial charge >= 0.3 is 6.03 Å². The summed E-state index contributed by atoms with van der Waals surface area (Å²) in [6, 6.07) is -0.180. The van der Waals surface area contributed by atoms with E-state index >= 15 is 0 Å². The van der Waals surface area contributed by atoms with E-state index < -0.39 is 6.10 Å². The summed E-state index contributed by atoms with van der Waals surface area (Å²) in [6.07, 6.45) is -0.470. The number of carbonyl (C=O) groups is 1. The molecule has 0 bridgehead atoms. The van der Waals surface area contributed by atoms with Gasteiger partial charge in [-0.05, 0) is 6.92 Å². The van der Waals surface area contributed by atoms with E-state index in [1.54, 1.807) is 21.0 Å². The molecule has 2 N–H and O–H groups in total. The summed E-state index contributed by atoms with van der Waals surface area (Å²) < 4.78 is 0. The van der Waals surface area contributed by atoms with Gasteiger partial charge in [-0.3, -0.25) is 0 Å². The van der Waals surface area contributed by atoms with Gasteiger partial charge in [0.15, 0.2) is 0 Å². The Morgan fingerprint density at radius 1 is 1.58 bits per heavy atom. The van der Waals surface area contributed by atoms with Crippen molar-refractivity contribution in [1.29, 1.82) is 0 Å². The first-order valence-electron chi connectivity index (χ1n) is 4.18. The molecule has 0 saturated heterocycles. The fraction of sp³-hybridized carbons (Fsp3) is 0.875. The highest BCUT2D eigenvalue weighted by molar-refractivity contribution is 5.73. The lowest BCUT2D eigenvalue weighted by atomic mass is 10.4. The summed E-state index contributed by atoms with van der Waals surface area (Å²) in [7, 11) is 3.19. The number of rotatable bonds is 2. The molecule has 0 saturated carbocycles. The molecule has 0 aromatic rings.